The largest absolute Gasteiger partial charge is 0.380 e. The molecule has 0 aliphatic rings. The number of primary amides is 1. The van der Waals surface area contributed by atoms with Gasteiger partial charge >= 0.3 is 5.69 Å². The number of nitro groups is 1. The van der Waals surface area contributed by atoms with E-state index in [4.69, 9.17) is 5.73 Å². The molecule has 0 radical (unpaired) electrons. The van der Waals surface area contributed by atoms with Gasteiger partial charge in [0.25, 0.3) is 5.91 Å². The van der Waals surface area contributed by atoms with Crippen molar-refractivity contribution in [1.82, 2.24) is 5.32 Å². The lowest BCUT2D eigenvalue weighted by Crippen LogP contribution is -2.42. The van der Waals surface area contributed by atoms with Crippen molar-refractivity contribution in [3.8, 4) is 0 Å². The van der Waals surface area contributed by atoms with Gasteiger partial charge in [0.15, 0.2) is 0 Å². The number of amides is 2. The van der Waals surface area contributed by atoms with Gasteiger partial charge in [0, 0.05) is 6.54 Å². The number of hydrogen-bond donors (Lipinski definition) is 3. The quantitative estimate of drug-likeness (QED) is 0.520. The molecule has 0 saturated carbocycles. The summed E-state index contributed by atoms with van der Waals surface area (Å²) in [5, 5.41) is 16.3. The van der Waals surface area contributed by atoms with E-state index < -0.39 is 22.8 Å². The molecule has 0 heterocycles. The van der Waals surface area contributed by atoms with Crippen molar-refractivity contribution in [2.75, 3.05) is 11.9 Å². The van der Waals surface area contributed by atoms with Crippen molar-refractivity contribution in [2.45, 2.75) is 19.9 Å². The SMILES string of the molecule is CCNc1cccc(C(=O)NC(C)C(N)=O)c1[N+](=O)[O-]. The number of nitro benzene ring substituents is 1. The van der Waals surface area contributed by atoms with Crippen molar-refractivity contribution in [2.24, 2.45) is 5.73 Å². The Labute approximate surface area is 115 Å². The third-order valence-electron chi connectivity index (χ3n) is 2.60. The van der Waals surface area contributed by atoms with Crippen molar-refractivity contribution in [3.05, 3.63) is 33.9 Å². The van der Waals surface area contributed by atoms with E-state index in [0.29, 0.717) is 6.54 Å². The second-order valence-electron chi connectivity index (χ2n) is 4.09. The fourth-order valence-corrected chi connectivity index (χ4v) is 1.60. The molecule has 1 atom stereocenters. The smallest absolute Gasteiger partial charge is 0.305 e. The lowest BCUT2D eigenvalue weighted by molar-refractivity contribution is -0.384. The molecule has 1 rings (SSSR count). The van der Waals surface area contributed by atoms with Gasteiger partial charge in [0.1, 0.15) is 17.3 Å². The first-order valence-corrected chi connectivity index (χ1v) is 6.00. The van der Waals surface area contributed by atoms with E-state index in [2.05, 4.69) is 10.6 Å². The lowest BCUT2D eigenvalue weighted by Gasteiger charge is -2.12. The summed E-state index contributed by atoms with van der Waals surface area (Å²) in [5.74, 6) is -1.44. The highest BCUT2D eigenvalue weighted by Gasteiger charge is 2.25. The van der Waals surface area contributed by atoms with Crippen LogP contribution in [-0.4, -0.2) is 29.3 Å². The van der Waals surface area contributed by atoms with E-state index in [9.17, 15) is 19.7 Å². The summed E-state index contributed by atoms with van der Waals surface area (Å²) in [6, 6.07) is 3.44. The molecule has 108 valence electrons. The highest BCUT2D eigenvalue weighted by atomic mass is 16.6. The predicted molar refractivity (Wildman–Crippen MR) is 73.4 cm³/mol. The van der Waals surface area contributed by atoms with Gasteiger partial charge in [-0.15, -0.1) is 0 Å². The molecule has 8 nitrogen and oxygen atoms in total. The van der Waals surface area contributed by atoms with Crippen LogP contribution in [0.15, 0.2) is 18.2 Å². The number of rotatable bonds is 6. The highest BCUT2D eigenvalue weighted by Crippen LogP contribution is 2.28. The topological polar surface area (TPSA) is 127 Å². The maximum atomic E-state index is 12.0. The summed E-state index contributed by atoms with van der Waals surface area (Å²) in [7, 11) is 0. The van der Waals surface area contributed by atoms with Crippen molar-refractivity contribution >= 4 is 23.2 Å². The number of benzene rings is 1. The molecule has 0 aromatic heterocycles. The molecule has 20 heavy (non-hydrogen) atoms. The number of anilines is 1. The zero-order chi connectivity index (χ0) is 15.3. The van der Waals surface area contributed by atoms with Crippen LogP contribution in [-0.2, 0) is 4.79 Å². The predicted octanol–water partition coefficient (Wildman–Crippen LogP) is 0.630. The Kier molecular flexibility index (Phi) is 5.01. The van der Waals surface area contributed by atoms with E-state index in [-0.39, 0.29) is 16.9 Å². The third kappa shape index (κ3) is 3.44. The minimum absolute atomic E-state index is 0.124. The zero-order valence-electron chi connectivity index (χ0n) is 11.2. The van der Waals surface area contributed by atoms with Gasteiger partial charge < -0.3 is 16.4 Å². The van der Waals surface area contributed by atoms with Crippen LogP contribution >= 0.6 is 0 Å². The van der Waals surface area contributed by atoms with Crippen LogP contribution in [0, 0.1) is 10.1 Å². The van der Waals surface area contributed by atoms with Crippen LogP contribution < -0.4 is 16.4 Å². The average molecular weight is 280 g/mol. The van der Waals surface area contributed by atoms with E-state index in [1.807, 2.05) is 0 Å². The number of para-hydroxylation sites is 1. The lowest BCUT2D eigenvalue weighted by atomic mass is 10.1. The van der Waals surface area contributed by atoms with E-state index >= 15 is 0 Å². The number of carbonyl (C=O) groups is 2. The van der Waals surface area contributed by atoms with Crippen LogP contribution in [0.5, 0.6) is 0 Å². The van der Waals surface area contributed by atoms with Crippen molar-refractivity contribution in [1.29, 1.82) is 0 Å². The van der Waals surface area contributed by atoms with Crippen LogP contribution in [0.4, 0.5) is 11.4 Å². The molecule has 1 aromatic rings. The number of carbonyl (C=O) groups excluding carboxylic acids is 2. The van der Waals surface area contributed by atoms with E-state index in [1.165, 1.54) is 25.1 Å². The molecule has 0 spiro atoms. The molecular weight excluding hydrogens is 264 g/mol. The van der Waals surface area contributed by atoms with Gasteiger partial charge in [0.2, 0.25) is 5.91 Å². The normalized spacial score (nSPS) is 11.5. The summed E-state index contributed by atoms with van der Waals surface area (Å²) in [5.41, 5.74) is 4.83. The second kappa shape index (κ2) is 6.50. The fourth-order valence-electron chi connectivity index (χ4n) is 1.60. The summed E-state index contributed by atoms with van der Waals surface area (Å²) in [4.78, 5) is 33.4. The zero-order valence-corrected chi connectivity index (χ0v) is 11.2. The molecule has 0 aliphatic carbocycles. The number of hydrogen-bond acceptors (Lipinski definition) is 5. The Morgan fingerprint density at radius 2 is 2.10 bits per heavy atom. The molecule has 1 aromatic carbocycles. The second-order valence-corrected chi connectivity index (χ2v) is 4.09. The maximum absolute atomic E-state index is 12.0. The van der Waals surface area contributed by atoms with Crippen LogP contribution in [0.2, 0.25) is 0 Å². The molecule has 4 N–H and O–H groups in total. The third-order valence-corrected chi connectivity index (χ3v) is 2.60. The van der Waals surface area contributed by atoms with Crippen molar-refractivity contribution in [3.63, 3.8) is 0 Å². The van der Waals surface area contributed by atoms with Gasteiger partial charge in [-0.1, -0.05) is 6.07 Å². The highest BCUT2D eigenvalue weighted by molar-refractivity contribution is 6.02. The monoisotopic (exact) mass is 280 g/mol. The molecular formula is C12H16N4O4. The Morgan fingerprint density at radius 3 is 2.60 bits per heavy atom. The van der Waals surface area contributed by atoms with Gasteiger partial charge in [-0.3, -0.25) is 19.7 Å². The summed E-state index contributed by atoms with van der Waals surface area (Å²) in [6.45, 7) is 3.66. The molecule has 0 aliphatic heterocycles. The van der Waals surface area contributed by atoms with Crippen LogP contribution in [0.25, 0.3) is 0 Å². The minimum atomic E-state index is -0.912. The molecule has 1 unspecified atom stereocenters. The Balaban J connectivity index is 3.17. The average Bonchev–Trinajstić information content (AvgIpc) is 2.38. The van der Waals surface area contributed by atoms with Crippen LogP contribution in [0.1, 0.15) is 24.2 Å². The summed E-state index contributed by atoms with van der Waals surface area (Å²) < 4.78 is 0. The van der Waals surface area contributed by atoms with E-state index in [1.54, 1.807) is 6.92 Å². The molecule has 0 fully saturated rings. The Hall–Kier alpha value is -2.64. The standard InChI is InChI=1S/C12H16N4O4/c1-3-14-9-6-4-5-8(10(9)16(19)20)12(18)15-7(2)11(13)17/h4-7,14H,3H2,1-2H3,(H2,13,17)(H,15,18). The molecule has 0 saturated heterocycles. The van der Waals surface area contributed by atoms with Gasteiger partial charge in [-0.25, -0.2) is 0 Å². The first-order chi connectivity index (χ1) is 9.38. The fraction of sp³-hybridized carbons (Fsp3) is 0.333. The minimum Gasteiger partial charge on any atom is -0.380 e. The molecule has 0 bridgehead atoms. The van der Waals surface area contributed by atoms with Gasteiger partial charge in [-0.05, 0) is 26.0 Å². The maximum Gasteiger partial charge on any atom is 0.305 e. The number of nitrogens with two attached hydrogens (primary N) is 1. The molecule has 2 amide bonds. The van der Waals surface area contributed by atoms with E-state index in [0.717, 1.165) is 0 Å². The number of nitrogens with one attached hydrogen (secondary N) is 2. The molecule has 8 heteroatoms. The first kappa shape index (κ1) is 15.4. The van der Waals surface area contributed by atoms with Crippen molar-refractivity contribution < 1.29 is 14.5 Å². The Morgan fingerprint density at radius 1 is 1.45 bits per heavy atom. The number of nitrogens with zero attached hydrogens (tertiary/aromatic N) is 1. The summed E-state index contributed by atoms with van der Waals surface area (Å²) >= 11 is 0. The van der Waals surface area contributed by atoms with Crippen LogP contribution in [0.3, 0.4) is 0 Å². The Bertz CT molecular complexity index is 544. The summed E-state index contributed by atoms with van der Waals surface area (Å²) in [6.07, 6.45) is 0. The van der Waals surface area contributed by atoms with Gasteiger partial charge in [-0.2, -0.15) is 0 Å². The first-order valence-electron chi connectivity index (χ1n) is 6.00. The van der Waals surface area contributed by atoms with Gasteiger partial charge in [0.05, 0.1) is 4.92 Å².